The molecule has 0 saturated heterocycles. The molecule has 56 valence electrons. The molecular formula is C6H3BrIN3. The summed E-state index contributed by atoms with van der Waals surface area (Å²) in [7, 11) is 0. The molecule has 0 aliphatic carbocycles. The molecule has 0 aliphatic rings. The summed E-state index contributed by atoms with van der Waals surface area (Å²) in [5.74, 6) is 0. The van der Waals surface area contributed by atoms with Crippen LogP contribution in [0.4, 0.5) is 5.69 Å². The summed E-state index contributed by atoms with van der Waals surface area (Å²) in [4.78, 5) is 2.71. The van der Waals surface area contributed by atoms with Crippen molar-refractivity contribution in [3.8, 4) is 0 Å². The van der Waals surface area contributed by atoms with Crippen LogP contribution in [-0.4, -0.2) is 0 Å². The standard InChI is InChI=1S/C6H3BrIN3/c7-4-1-2-5(8)6(3-4)10-11-9/h1-3H. The van der Waals surface area contributed by atoms with Gasteiger partial charge in [-0.1, -0.05) is 21.0 Å². The Labute approximate surface area is 85.7 Å². The van der Waals surface area contributed by atoms with Gasteiger partial charge in [0.05, 0.1) is 5.69 Å². The number of rotatable bonds is 1. The summed E-state index contributed by atoms with van der Waals surface area (Å²) in [6.45, 7) is 0. The van der Waals surface area contributed by atoms with Gasteiger partial charge < -0.3 is 0 Å². The van der Waals surface area contributed by atoms with Gasteiger partial charge in [-0.3, -0.25) is 0 Å². The lowest BCUT2D eigenvalue weighted by molar-refractivity contribution is 1.43. The minimum atomic E-state index is 0.655. The van der Waals surface area contributed by atoms with Crippen LogP contribution in [0.2, 0.25) is 0 Å². The molecule has 1 rings (SSSR count). The highest BCUT2D eigenvalue weighted by molar-refractivity contribution is 14.1. The van der Waals surface area contributed by atoms with Crippen molar-refractivity contribution in [2.45, 2.75) is 0 Å². The fourth-order valence-electron chi connectivity index (χ4n) is 0.611. The first-order valence-corrected chi connectivity index (χ1v) is 4.61. The van der Waals surface area contributed by atoms with E-state index < -0.39 is 0 Å². The average Bonchev–Trinajstić information content (AvgIpc) is 1.98. The van der Waals surface area contributed by atoms with E-state index >= 15 is 0 Å². The lowest BCUT2D eigenvalue weighted by atomic mass is 10.3. The average molecular weight is 324 g/mol. The Balaban J connectivity index is 3.22. The molecule has 0 heterocycles. The Morgan fingerprint density at radius 1 is 1.55 bits per heavy atom. The molecular weight excluding hydrogens is 321 g/mol. The zero-order valence-electron chi connectivity index (χ0n) is 5.33. The fourth-order valence-corrected chi connectivity index (χ4v) is 1.40. The van der Waals surface area contributed by atoms with Crippen molar-refractivity contribution in [3.05, 3.63) is 36.7 Å². The highest BCUT2D eigenvalue weighted by atomic mass is 127. The van der Waals surface area contributed by atoms with Gasteiger partial charge in [0.25, 0.3) is 0 Å². The third-order valence-corrected chi connectivity index (χ3v) is 2.47. The molecule has 0 radical (unpaired) electrons. The number of azide groups is 1. The first-order valence-electron chi connectivity index (χ1n) is 2.74. The minimum Gasteiger partial charge on any atom is -0.0596 e. The van der Waals surface area contributed by atoms with Crippen LogP contribution in [0, 0.1) is 3.57 Å². The van der Waals surface area contributed by atoms with Crippen molar-refractivity contribution in [1.82, 2.24) is 0 Å². The van der Waals surface area contributed by atoms with Gasteiger partial charge in [-0.05, 0) is 46.3 Å². The molecule has 5 heteroatoms. The smallest absolute Gasteiger partial charge is 0.0520 e. The van der Waals surface area contributed by atoms with Gasteiger partial charge in [0.2, 0.25) is 0 Å². The Morgan fingerprint density at radius 3 is 2.91 bits per heavy atom. The molecule has 0 aliphatic heterocycles. The van der Waals surface area contributed by atoms with Crippen molar-refractivity contribution >= 4 is 44.2 Å². The molecule has 0 N–H and O–H groups in total. The van der Waals surface area contributed by atoms with Crippen LogP contribution < -0.4 is 0 Å². The summed E-state index contributed by atoms with van der Waals surface area (Å²) in [5.41, 5.74) is 8.83. The molecule has 3 nitrogen and oxygen atoms in total. The highest BCUT2D eigenvalue weighted by Gasteiger charge is 1.95. The van der Waals surface area contributed by atoms with Gasteiger partial charge in [-0.25, -0.2) is 0 Å². The second-order valence-electron chi connectivity index (χ2n) is 1.79. The molecule has 0 amide bonds. The Bertz CT molecular complexity index is 320. The van der Waals surface area contributed by atoms with Crippen LogP contribution in [0.25, 0.3) is 10.4 Å². The van der Waals surface area contributed by atoms with Crippen molar-refractivity contribution in [2.24, 2.45) is 5.11 Å². The van der Waals surface area contributed by atoms with Gasteiger partial charge in [0, 0.05) is 13.0 Å². The largest absolute Gasteiger partial charge is 0.0596 e. The summed E-state index contributed by atoms with van der Waals surface area (Å²) >= 11 is 5.39. The van der Waals surface area contributed by atoms with Gasteiger partial charge in [0.15, 0.2) is 0 Å². The molecule has 0 fully saturated rings. The van der Waals surface area contributed by atoms with Crippen LogP contribution in [0.5, 0.6) is 0 Å². The number of halogens is 2. The molecule has 0 atom stereocenters. The Kier molecular flexibility index (Phi) is 3.16. The van der Waals surface area contributed by atoms with Crippen LogP contribution in [0.1, 0.15) is 0 Å². The van der Waals surface area contributed by atoms with Crippen LogP contribution >= 0.6 is 38.5 Å². The molecule has 0 spiro atoms. The van der Waals surface area contributed by atoms with E-state index in [4.69, 9.17) is 5.53 Å². The highest BCUT2D eigenvalue weighted by Crippen LogP contribution is 2.25. The fraction of sp³-hybridized carbons (Fsp3) is 0. The lowest BCUT2D eigenvalue weighted by Gasteiger charge is -1.95. The van der Waals surface area contributed by atoms with Gasteiger partial charge in [0.1, 0.15) is 0 Å². The van der Waals surface area contributed by atoms with Crippen molar-refractivity contribution in [2.75, 3.05) is 0 Å². The third kappa shape index (κ3) is 2.36. The summed E-state index contributed by atoms with van der Waals surface area (Å²) < 4.78 is 1.86. The van der Waals surface area contributed by atoms with E-state index in [1.807, 2.05) is 12.1 Å². The van der Waals surface area contributed by atoms with E-state index in [0.29, 0.717) is 5.69 Å². The quantitative estimate of drug-likeness (QED) is 0.325. The molecule has 0 unspecified atom stereocenters. The normalized spacial score (nSPS) is 8.91. The Hall–Kier alpha value is -0.260. The predicted molar refractivity (Wildman–Crippen MR) is 55.7 cm³/mol. The summed E-state index contributed by atoms with van der Waals surface area (Å²) in [6, 6.07) is 5.56. The van der Waals surface area contributed by atoms with Gasteiger partial charge in [-0.15, -0.1) is 0 Å². The van der Waals surface area contributed by atoms with Crippen molar-refractivity contribution < 1.29 is 0 Å². The second kappa shape index (κ2) is 3.94. The van der Waals surface area contributed by atoms with E-state index in [9.17, 15) is 0 Å². The molecule has 0 aromatic heterocycles. The molecule has 0 bridgehead atoms. The van der Waals surface area contributed by atoms with E-state index in [1.165, 1.54) is 0 Å². The number of hydrogen-bond donors (Lipinski definition) is 0. The second-order valence-corrected chi connectivity index (χ2v) is 3.86. The van der Waals surface area contributed by atoms with Crippen LogP contribution in [0.15, 0.2) is 27.8 Å². The third-order valence-electron chi connectivity index (χ3n) is 1.06. The molecule has 1 aromatic carbocycles. The zero-order valence-corrected chi connectivity index (χ0v) is 9.07. The van der Waals surface area contributed by atoms with E-state index in [0.717, 1.165) is 8.04 Å². The van der Waals surface area contributed by atoms with E-state index in [2.05, 4.69) is 48.5 Å². The number of nitrogens with zero attached hydrogens (tertiary/aromatic N) is 3. The van der Waals surface area contributed by atoms with Crippen molar-refractivity contribution in [3.63, 3.8) is 0 Å². The molecule has 1 aromatic rings. The van der Waals surface area contributed by atoms with E-state index in [1.54, 1.807) is 6.07 Å². The van der Waals surface area contributed by atoms with E-state index in [-0.39, 0.29) is 0 Å². The monoisotopic (exact) mass is 323 g/mol. The predicted octanol–water partition coefficient (Wildman–Crippen LogP) is 4.00. The van der Waals surface area contributed by atoms with Gasteiger partial charge in [-0.2, -0.15) is 0 Å². The summed E-state index contributed by atoms with van der Waals surface area (Å²) in [6.07, 6.45) is 0. The lowest BCUT2D eigenvalue weighted by Crippen LogP contribution is -1.71. The number of benzene rings is 1. The van der Waals surface area contributed by atoms with Gasteiger partial charge >= 0.3 is 0 Å². The maximum atomic E-state index is 8.17. The SMILES string of the molecule is [N-]=[N+]=Nc1cc(Br)ccc1I. The maximum absolute atomic E-state index is 8.17. The first kappa shape index (κ1) is 8.83. The maximum Gasteiger partial charge on any atom is 0.0520 e. The minimum absolute atomic E-state index is 0.655. The zero-order chi connectivity index (χ0) is 8.27. The van der Waals surface area contributed by atoms with Crippen molar-refractivity contribution in [1.29, 1.82) is 0 Å². The first-order chi connectivity index (χ1) is 5.24. The Morgan fingerprint density at radius 2 is 2.27 bits per heavy atom. The van der Waals surface area contributed by atoms with Crippen LogP contribution in [-0.2, 0) is 0 Å². The molecule has 11 heavy (non-hydrogen) atoms. The van der Waals surface area contributed by atoms with Crippen LogP contribution in [0.3, 0.4) is 0 Å². The molecule has 0 saturated carbocycles. The summed E-state index contributed by atoms with van der Waals surface area (Å²) in [5, 5.41) is 3.51. The number of hydrogen-bond acceptors (Lipinski definition) is 1. The topological polar surface area (TPSA) is 48.8 Å².